The third kappa shape index (κ3) is 11.6. The predicted octanol–water partition coefficient (Wildman–Crippen LogP) is 0.0131. The van der Waals surface area contributed by atoms with E-state index in [1.54, 1.807) is 24.3 Å². The highest BCUT2D eigenvalue weighted by Gasteiger charge is 2.50. The summed E-state index contributed by atoms with van der Waals surface area (Å²) in [6.07, 6.45) is -7.78. The number of ether oxygens (including phenoxy) is 4. The third-order valence-corrected chi connectivity index (χ3v) is 10.9. The highest BCUT2D eigenvalue weighted by molar-refractivity contribution is 7.47. The van der Waals surface area contributed by atoms with Gasteiger partial charge in [0.2, 0.25) is 0 Å². The molecule has 336 valence electrons. The van der Waals surface area contributed by atoms with E-state index in [0.717, 1.165) is 10.9 Å². The fraction of sp³-hybridized carbons (Fsp3) is 0.469. The highest BCUT2D eigenvalue weighted by atomic mass is 31.2. The Hall–Kier alpha value is -5.35. The summed E-state index contributed by atoms with van der Waals surface area (Å²) in [6, 6.07) is 6.59. The van der Waals surface area contributed by atoms with E-state index in [9.17, 15) is 43.3 Å². The number of phosphoric acid groups is 2. The molecular formula is C32H42N12O16P2. The van der Waals surface area contributed by atoms with E-state index < -0.39 is 95.6 Å². The number of fused-ring (bicyclic) bond motifs is 1. The normalized spacial score (nSPS) is 24.0. The number of nitrogens with two attached hydrogens (primary N) is 3. The molecule has 5 heterocycles. The number of nitrogens with one attached hydrogen (secondary N) is 2. The minimum atomic E-state index is -5.21. The standard InChI is InChI=1S/C32H42N12O16P2/c33-17(5-3-8-37-32(48)54-11-16-4-1-2-6-18(16)42-36)30(46)59-26-21(58-29(25(26)45)44-15-40-24-27(35)38-14-39-28(24)44)13-56-62(52,53)60-19-10-23(43-9-7-22(34)41-31(43)47)57-20(19)12-55-61(49,50)51/h1-2,4,6-7,9,14-15,17,19-21,23,25-26,29,36,45H,3,5,8,10-13,33H2,(H,37,48)(H,52,53)(H2,34,41,47)(H2,35,38,39)(H2,49,50,51)/t17-,19-,20+,21+,23+,25+,26+,29+/m0/s1. The molecule has 62 heavy (non-hydrogen) atoms. The van der Waals surface area contributed by atoms with Crippen LogP contribution in [0.25, 0.3) is 11.2 Å². The first-order chi connectivity index (χ1) is 29.4. The van der Waals surface area contributed by atoms with Crippen LogP contribution < -0.4 is 28.2 Å². The summed E-state index contributed by atoms with van der Waals surface area (Å²) in [5.41, 5.74) is 25.0. The monoisotopic (exact) mass is 912 g/mol. The number of hydrogen-bond acceptors (Lipinski definition) is 22. The van der Waals surface area contributed by atoms with Gasteiger partial charge >= 0.3 is 33.4 Å². The Balaban J connectivity index is 1.10. The van der Waals surface area contributed by atoms with Crippen LogP contribution in [0.5, 0.6) is 0 Å². The average molecular weight is 913 g/mol. The molecule has 2 aliphatic heterocycles. The molecule has 2 fully saturated rings. The largest absolute Gasteiger partial charge is 0.472 e. The van der Waals surface area contributed by atoms with Crippen LogP contribution in [0, 0.1) is 5.53 Å². The first kappa shape index (κ1) is 46.2. The lowest BCUT2D eigenvalue weighted by molar-refractivity contribution is -0.158. The molecule has 28 nitrogen and oxygen atoms in total. The Morgan fingerprint density at radius 2 is 1.81 bits per heavy atom. The second kappa shape index (κ2) is 19.8. The molecule has 1 aromatic carbocycles. The topological polar surface area (TPSA) is 419 Å². The molecule has 6 rings (SSSR count). The lowest BCUT2D eigenvalue weighted by atomic mass is 10.1. The smallest absolute Gasteiger partial charge is 0.455 e. The quantitative estimate of drug-likeness (QED) is 0.0259. The van der Waals surface area contributed by atoms with E-state index in [-0.39, 0.29) is 55.2 Å². The van der Waals surface area contributed by atoms with E-state index in [4.69, 9.17) is 50.7 Å². The summed E-state index contributed by atoms with van der Waals surface area (Å²) in [4.78, 5) is 83.1. The van der Waals surface area contributed by atoms with Crippen molar-refractivity contribution in [3.63, 3.8) is 0 Å². The maximum Gasteiger partial charge on any atom is 0.472 e. The van der Waals surface area contributed by atoms with Gasteiger partial charge in [-0.3, -0.25) is 27.5 Å². The van der Waals surface area contributed by atoms with E-state index in [1.807, 2.05) is 0 Å². The fourth-order valence-electron chi connectivity index (χ4n) is 6.39. The van der Waals surface area contributed by atoms with E-state index in [2.05, 4.69) is 34.9 Å². The van der Waals surface area contributed by atoms with Crippen molar-refractivity contribution >= 4 is 56.2 Å². The van der Waals surface area contributed by atoms with Crippen molar-refractivity contribution in [2.75, 3.05) is 31.2 Å². The number of amides is 1. The molecule has 0 bridgehead atoms. The lowest BCUT2D eigenvalue weighted by Crippen LogP contribution is -2.43. The van der Waals surface area contributed by atoms with Crippen LogP contribution in [0.2, 0.25) is 0 Å². The van der Waals surface area contributed by atoms with Crippen LogP contribution in [0.3, 0.4) is 0 Å². The van der Waals surface area contributed by atoms with Gasteiger partial charge in [-0.2, -0.15) is 10.1 Å². The first-order valence-electron chi connectivity index (χ1n) is 18.4. The summed E-state index contributed by atoms with van der Waals surface area (Å²) < 4.78 is 64.7. The van der Waals surface area contributed by atoms with Crippen molar-refractivity contribution in [1.82, 2.24) is 34.4 Å². The van der Waals surface area contributed by atoms with E-state index in [0.29, 0.717) is 11.3 Å². The van der Waals surface area contributed by atoms with Crippen LogP contribution in [-0.4, -0.2) is 117 Å². The Morgan fingerprint density at radius 3 is 2.55 bits per heavy atom. The summed E-state index contributed by atoms with van der Waals surface area (Å²) in [5, 5.41) is 17.4. The number of aliphatic hydroxyl groups excluding tert-OH is 1. The van der Waals surface area contributed by atoms with Crippen molar-refractivity contribution in [1.29, 1.82) is 5.53 Å². The number of anilines is 2. The molecule has 2 saturated heterocycles. The summed E-state index contributed by atoms with van der Waals surface area (Å²) in [6.45, 7) is -1.84. The molecule has 0 aliphatic carbocycles. The molecule has 9 atom stereocenters. The van der Waals surface area contributed by atoms with Gasteiger partial charge in [0.1, 0.15) is 61.0 Å². The summed E-state index contributed by atoms with van der Waals surface area (Å²) in [7, 11) is -10.3. The Labute approximate surface area is 349 Å². The van der Waals surface area contributed by atoms with E-state index >= 15 is 0 Å². The Bertz CT molecular complexity index is 2400. The van der Waals surface area contributed by atoms with Crippen LogP contribution >= 0.6 is 15.6 Å². The number of aliphatic hydroxyl groups is 1. The van der Waals surface area contributed by atoms with Crippen LogP contribution in [0.1, 0.15) is 37.3 Å². The fourth-order valence-corrected chi connectivity index (χ4v) is 7.69. The molecule has 0 spiro atoms. The summed E-state index contributed by atoms with van der Waals surface area (Å²) in [5.74, 6) is -1.13. The van der Waals surface area contributed by atoms with Crippen LogP contribution in [0.4, 0.5) is 22.1 Å². The number of phosphoric ester groups is 2. The Kier molecular flexibility index (Phi) is 14.7. The number of nitrogens with zero attached hydrogens (tertiary/aromatic N) is 7. The molecule has 3 aromatic heterocycles. The number of hydrogen-bond donors (Lipinski definition) is 9. The Morgan fingerprint density at radius 1 is 1.05 bits per heavy atom. The number of carbonyl (C=O) groups excluding carboxylic acids is 2. The van der Waals surface area contributed by atoms with Gasteiger partial charge in [0.05, 0.1) is 25.2 Å². The molecule has 2 aliphatic rings. The highest BCUT2D eigenvalue weighted by Crippen LogP contribution is 2.50. The van der Waals surface area contributed by atoms with Crippen molar-refractivity contribution in [2.45, 2.75) is 74.9 Å². The second-order valence-corrected chi connectivity index (χ2v) is 16.3. The molecule has 4 aromatic rings. The molecule has 0 radical (unpaired) electrons. The number of carbonyl (C=O) groups is 2. The number of rotatable bonds is 19. The molecule has 1 amide bonds. The van der Waals surface area contributed by atoms with Gasteiger partial charge in [-0.05, 0) is 25.0 Å². The number of para-hydroxylation sites is 1. The van der Waals surface area contributed by atoms with Gasteiger partial charge in [-0.1, -0.05) is 18.2 Å². The molecular weight excluding hydrogens is 870 g/mol. The van der Waals surface area contributed by atoms with E-state index in [1.165, 1.54) is 23.2 Å². The van der Waals surface area contributed by atoms with Gasteiger partial charge in [0.15, 0.2) is 23.8 Å². The number of imidazole rings is 1. The minimum Gasteiger partial charge on any atom is -0.455 e. The number of aromatic nitrogens is 6. The SMILES string of the molecule is N=Nc1ccccc1COC(=O)NCCC[C@H](N)C(=O)O[C@H]1[C@@H](O)[C@H](n2cnc3c(N)ncnc32)O[C@@H]1COP(=O)(O)O[C@H]1C[C@H](n2ccc(N)nc2=O)O[C@@H]1COP(=O)(O)O. The number of esters is 1. The van der Waals surface area contributed by atoms with Crippen molar-refractivity contribution < 1.29 is 71.0 Å². The molecule has 1 unspecified atom stereocenters. The number of benzene rings is 1. The zero-order valence-electron chi connectivity index (χ0n) is 32.1. The van der Waals surface area contributed by atoms with Crippen LogP contribution in [0.15, 0.2) is 59.1 Å². The van der Waals surface area contributed by atoms with Crippen molar-refractivity contribution in [3.05, 3.63) is 65.2 Å². The van der Waals surface area contributed by atoms with Crippen LogP contribution in [-0.2, 0) is 53.1 Å². The van der Waals surface area contributed by atoms with Gasteiger partial charge in [-0.15, -0.1) is 0 Å². The lowest BCUT2D eigenvalue weighted by Gasteiger charge is -2.24. The van der Waals surface area contributed by atoms with Gasteiger partial charge in [0, 0.05) is 24.7 Å². The number of alkyl carbamates (subject to hydrolysis) is 1. The minimum absolute atomic E-state index is 0.00165. The number of nitrogen functional groups attached to an aromatic ring is 2. The first-order valence-corrected chi connectivity index (χ1v) is 21.4. The molecule has 0 saturated carbocycles. The third-order valence-electron chi connectivity index (χ3n) is 9.38. The summed E-state index contributed by atoms with van der Waals surface area (Å²) >= 11 is 0. The van der Waals surface area contributed by atoms with Crippen molar-refractivity contribution in [2.24, 2.45) is 10.8 Å². The molecule has 30 heteroatoms. The molecule has 12 N–H and O–H groups in total. The maximum absolute atomic E-state index is 13.4. The van der Waals surface area contributed by atoms with Crippen molar-refractivity contribution in [3.8, 4) is 0 Å². The van der Waals surface area contributed by atoms with Gasteiger partial charge in [0.25, 0.3) is 0 Å². The maximum atomic E-state index is 13.4. The predicted molar refractivity (Wildman–Crippen MR) is 206 cm³/mol. The zero-order valence-corrected chi connectivity index (χ0v) is 33.9. The van der Waals surface area contributed by atoms with Gasteiger partial charge < -0.3 is 61.3 Å². The van der Waals surface area contributed by atoms with Gasteiger partial charge in [-0.25, -0.2) is 39.2 Å². The average Bonchev–Trinajstić information content (AvgIpc) is 3.92. The second-order valence-electron chi connectivity index (χ2n) is 13.6. The zero-order chi connectivity index (χ0) is 44.8.